The monoisotopic (exact) mass is 320 g/mol. The number of anilines is 1. The van der Waals surface area contributed by atoms with Gasteiger partial charge in [-0.3, -0.25) is 0 Å². The standard InChI is InChI=1S/C12H6BrClN4/c1-7-10(14)3-2-9(13)12(7)18-11(6-17)8(4-15)5-16/h2-3,18H,1H3. The Balaban J connectivity index is 3.34. The van der Waals surface area contributed by atoms with Gasteiger partial charge in [-0.1, -0.05) is 11.6 Å². The predicted molar refractivity (Wildman–Crippen MR) is 71.4 cm³/mol. The number of allylic oxidation sites excluding steroid dienone is 2. The Morgan fingerprint density at radius 3 is 2.33 bits per heavy atom. The molecule has 1 N–H and O–H groups in total. The second-order valence-corrected chi connectivity index (χ2v) is 4.50. The van der Waals surface area contributed by atoms with E-state index >= 15 is 0 Å². The average molecular weight is 322 g/mol. The predicted octanol–water partition coefficient (Wildman–Crippen LogP) is 3.65. The summed E-state index contributed by atoms with van der Waals surface area (Å²) in [6.45, 7) is 1.77. The summed E-state index contributed by atoms with van der Waals surface area (Å²) in [4.78, 5) is 0. The van der Waals surface area contributed by atoms with Gasteiger partial charge in [0.05, 0.1) is 5.69 Å². The van der Waals surface area contributed by atoms with Crippen molar-refractivity contribution >= 4 is 33.2 Å². The Bertz CT molecular complexity index is 628. The number of halogens is 2. The maximum Gasteiger partial charge on any atom is 0.163 e. The lowest BCUT2D eigenvalue weighted by Gasteiger charge is -2.11. The van der Waals surface area contributed by atoms with Crippen LogP contribution in [0.15, 0.2) is 27.9 Å². The van der Waals surface area contributed by atoms with Crippen molar-refractivity contribution in [1.82, 2.24) is 0 Å². The topological polar surface area (TPSA) is 83.4 Å². The van der Waals surface area contributed by atoms with Gasteiger partial charge < -0.3 is 5.32 Å². The highest BCUT2D eigenvalue weighted by molar-refractivity contribution is 9.10. The van der Waals surface area contributed by atoms with E-state index in [1.165, 1.54) is 0 Å². The molecule has 0 saturated carbocycles. The molecule has 1 aromatic rings. The zero-order chi connectivity index (χ0) is 13.7. The number of benzene rings is 1. The van der Waals surface area contributed by atoms with Gasteiger partial charge in [0, 0.05) is 9.50 Å². The van der Waals surface area contributed by atoms with E-state index in [1.807, 2.05) is 0 Å². The summed E-state index contributed by atoms with van der Waals surface area (Å²) in [6, 6.07) is 8.53. The van der Waals surface area contributed by atoms with Crippen LogP contribution in [0.1, 0.15) is 5.56 Å². The third-order valence-electron chi connectivity index (χ3n) is 2.18. The van der Waals surface area contributed by atoms with E-state index in [0.717, 1.165) is 0 Å². The van der Waals surface area contributed by atoms with Crippen molar-refractivity contribution in [3.8, 4) is 18.2 Å². The largest absolute Gasteiger partial charge is 0.344 e. The average Bonchev–Trinajstić information content (AvgIpc) is 2.38. The summed E-state index contributed by atoms with van der Waals surface area (Å²) in [7, 11) is 0. The molecule has 0 bridgehead atoms. The summed E-state index contributed by atoms with van der Waals surface area (Å²) < 4.78 is 0.687. The Kier molecular flexibility index (Phi) is 4.75. The van der Waals surface area contributed by atoms with Crippen LogP contribution in [0.5, 0.6) is 0 Å². The van der Waals surface area contributed by atoms with Gasteiger partial charge >= 0.3 is 0 Å². The molecule has 0 unspecified atom stereocenters. The molecule has 0 atom stereocenters. The molecule has 0 radical (unpaired) electrons. The molecule has 0 aliphatic heterocycles. The third kappa shape index (κ3) is 2.81. The minimum absolute atomic E-state index is 0.105. The Morgan fingerprint density at radius 2 is 1.83 bits per heavy atom. The maximum atomic E-state index is 8.95. The van der Waals surface area contributed by atoms with E-state index < -0.39 is 0 Å². The van der Waals surface area contributed by atoms with Crippen molar-refractivity contribution in [2.45, 2.75) is 6.92 Å². The molecule has 0 spiro atoms. The molecule has 88 valence electrons. The normalized spacial score (nSPS) is 8.67. The summed E-state index contributed by atoms with van der Waals surface area (Å²) >= 11 is 9.28. The molecule has 1 aromatic carbocycles. The molecule has 0 aromatic heterocycles. The minimum Gasteiger partial charge on any atom is -0.344 e. The summed E-state index contributed by atoms with van der Waals surface area (Å²) in [5.41, 5.74) is 0.894. The van der Waals surface area contributed by atoms with Crippen molar-refractivity contribution in [2.75, 3.05) is 5.32 Å². The first-order valence-corrected chi connectivity index (χ1v) is 5.88. The van der Waals surface area contributed by atoms with Crippen LogP contribution < -0.4 is 5.32 Å². The maximum absolute atomic E-state index is 8.95. The molecule has 0 amide bonds. The fourth-order valence-electron chi connectivity index (χ4n) is 1.21. The Morgan fingerprint density at radius 1 is 1.22 bits per heavy atom. The fraction of sp³-hybridized carbons (Fsp3) is 0.0833. The number of hydrogen-bond donors (Lipinski definition) is 1. The molecule has 0 aliphatic carbocycles. The second kappa shape index (κ2) is 6.07. The second-order valence-electron chi connectivity index (χ2n) is 3.24. The molecular formula is C12H6BrClN4. The minimum atomic E-state index is -0.274. The highest BCUT2D eigenvalue weighted by Gasteiger charge is 2.12. The van der Waals surface area contributed by atoms with Gasteiger partial charge in [0.1, 0.15) is 23.9 Å². The van der Waals surface area contributed by atoms with Crippen molar-refractivity contribution in [3.63, 3.8) is 0 Å². The van der Waals surface area contributed by atoms with Crippen molar-refractivity contribution in [3.05, 3.63) is 38.5 Å². The first-order valence-electron chi connectivity index (χ1n) is 4.71. The molecule has 4 nitrogen and oxygen atoms in total. The van der Waals surface area contributed by atoms with E-state index in [-0.39, 0.29) is 11.3 Å². The van der Waals surface area contributed by atoms with Gasteiger partial charge in [-0.15, -0.1) is 0 Å². The van der Waals surface area contributed by atoms with Crippen molar-refractivity contribution < 1.29 is 0 Å². The van der Waals surface area contributed by atoms with Crippen LogP contribution in [0.4, 0.5) is 5.69 Å². The number of nitrogens with zero attached hydrogens (tertiary/aromatic N) is 3. The number of nitriles is 3. The SMILES string of the molecule is Cc1c(Cl)ccc(Br)c1NC(C#N)=C(C#N)C#N. The van der Waals surface area contributed by atoms with Gasteiger partial charge in [0.15, 0.2) is 5.57 Å². The lowest BCUT2D eigenvalue weighted by Crippen LogP contribution is -2.03. The summed E-state index contributed by atoms with van der Waals surface area (Å²) in [6.07, 6.45) is 0. The quantitative estimate of drug-likeness (QED) is 0.843. The third-order valence-corrected chi connectivity index (χ3v) is 3.25. The molecule has 18 heavy (non-hydrogen) atoms. The van der Waals surface area contributed by atoms with E-state index in [2.05, 4.69) is 21.2 Å². The van der Waals surface area contributed by atoms with Crippen LogP contribution in [0.3, 0.4) is 0 Å². The number of nitrogens with one attached hydrogen (secondary N) is 1. The molecule has 1 rings (SSSR count). The molecule has 6 heteroatoms. The van der Waals surface area contributed by atoms with Gasteiger partial charge in [0.25, 0.3) is 0 Å². The van der Waals surface area contributed by atoms with Gasteiger partial charge in [-0.25, -0.2) is 0 Å². The van der Waals surface area contributed by atoms with Crippen LogP contribution in [0.2, 0.25) is 5.02 Å². The van der Waals surface area contributed by atoms with E-state index in [4.69, 9.17) is 27.4 Å². The Hall–Kier alpha value is -2.00. The number of hydrogen-bond acceptors (Lipinski definition) is 4. The molecule has 0 fully saturated rings. The van der Waals surface area contributed by atoms with Crippen LogP contribution in [0, 0.1) is 40.9 Å². The molecule has 0 aliphatic rings. The zero-order valence-corrected chi connectivity index (χ0v) is 11.6. The van der Waals surface area contributed by atoms with E-state index in [9.17, 15) is 0 Å². The molecule has 0 saturated heterocycles. The first-order chi connectivity index (χ1) is 8.54. The molecular weight excluding hydrogens is 316 g/mol. The van der Waals surface area contributed by atoms with Crippen LogP contribution >= 0.6 is 27.5 Å². The van der Waals surface area contributed by atoms with E-state index in [1.54, 1.807) is 37.3 Å². The Labute approximate surface area is 118 Å². The highest BCUT2D eigenvalue weighted by Crippen LogP contribution is 2.32. The summed E-state index contributed by atoms with van der Waals surface area (Å²) in [5, 5.41) is 29.7. The van der Waals surface area contributed by atoms with E-state index in [0.29, 0.717) is 20.7 Å². The van der Waals surface area contributed by atoms with Crippen LogP contribution in [-0.4, -0.2) is 0 Å². The lowest BCUT2D eigenvalue weighted by molar-refractivity contribution is 1.34. The molecule has 0 heterocycles. The zero-order valence-electron chi connectivity index (χ0n) is 9.25. The van der Waals surface area contributed by atoms with Crippen molar-refractivity contribution in [1.29, 1.82) is 15.8 Å². The summed E-state index contributed by atoms with van der Waals surface area (Å²) in [5.74, 6) is 0. The van der Waals surface area contributed by atoms with Gasteiger partial charge in [0.2, 0.25) is 0 Å². The lowest BCUT2D eigenvalue weighted by atomic mass is 10.1. The fourth-order valence-corrected chi connectivity index (χ4v) is 1.90. The smallest absolute Gasteiger partial charge is 0.163 e. The number of rotatable bonds is 2. The highest BCUT2D eigenvalue weighted by atomic mass is 79.9. The van der Waals surface area contributed by atoms with Gasteiger partial charge in [-0.05, 0) is 40.5 Å². The van der Waals surface area contributed by atoms with Crippen LogP contribution in [-0.2, 0) is 0 Å². The first kappa shape index (κ1) is 14.1. The van der Waals surface area contributed by atoms with Crippen LogP contribution in [0.25, 0.3) is 0 Å². The van der Waals surface area contributed by atoms with Gasteiger partial charge in [-0.2, -0.15) is 15.8 Å². The van der Waals surface area contributed by atoms with Crippen molar-refractivity contribution in [2.24, 2.45) is 0 Å².